The first-order valence-corrected chi connectivity index (χ1v) is 11.4. The summed E-state index contributed by atoms with van der Waals surface area (Å²) < 4.78 is 11.3. The van der Waals surface area contributed by atoms with Gasteiger partial charge in [-0.2, -0.15) is 0 Å². The SMILES string of the molecule is COc1cccc(Nc2cc(N3CCC(C)CC3)c3noc4c3c2C(=O)c2ccccc2-4)c1. The third-order valence-electron chi connectivity index (χ3n) is 6.85. The van der Waals surface area contributed by atoms with Crippen molar-refractivity contribution in [2.75, 3.05) is 30.4 Å². The van der Waals surface area contributed by atoms with Crippen molar-refractivity contribution < 1.29 is 14.1 Å². The Morgan fingerprint density at radius 2 is 1.85 bits per heavy atom. The summed E-state index contributed by atoms with van der Waals surface area (Å²) in [5, 5.41) is 8.76. The first-order valence-electron chi connectivity index (χ1n) is 11.4. The van der Waals surface area contributed by atoms with Crippen molar-refractivity contribution in [2.45, 2.75) is 19.8 Å². The van der Waals surface area contributed by atoms with Crippen molar-refractivity contribution in [3.63, 3.8) is 0 Å². The van der Waals surface area contributed by atoms with E-state index in [0.717, 1.165) is 65.2 Å². The number of aromatic nitrogens is 1. The van der Waals surface area contributed by atoms with Gasteiger partial charge in [0.1, 0.15) is 11.3 Å². The van der Waals surface area contributed by atoms with E-state index in [4.69, 9.17) is 9.26 Å². The number of ether oxygens (including phenoxy) is 1. The Kier molecular flexibility index (Phi) is 4.61. The number of hydrogen-bond donors (Lipinski definition) is 1. The lowest BCUT2D eigenvalue weighted by Gasteiger charge is -2.33. The van der Waals surface area contributed by atoms with Gasteiger partial charge in [0, 0.05) is 36.0 Å². The fourth-order valence-electron chi connectivity index (χ4n) is 4.99. The highest BCUT2D eigenvalue weighted by Gasteiger charge is 2.34. The van der Waals surface area contributed by atoms with Crippen LogP contribution in [0.5, 0.6) is 5.75 Å². The zero-order chi connectivity index (χ0) is 22.5. The fourth-order valence-corrected chi connectivity index (χ4v) is 4.99. The van der Waals surface area contributed by atoms with Crippen molar-refractivity contribution in [3.8, 4) is 17.1 Å². The van der Waals surface area contributed by atoms with E-state index in [1.807, 2.05) is 48.5 Å². The molecule has 0 unspecified atom stereocenters. The molecule has 1 aliphatic carbocycles. The van der Waals surface area contributed by atoms with E-state index in [1.54, 1.807) is 7.11 Å². The van der Waals surface area contributed by atoms with Crippen LogP contribution in [0.25, 0.3) is 22.2 Å². The number of carbonyl (C=O) groups excluding carboxylic acids is 1. The minimum absolute atomic E-state index is 0.0180. The van der Waals surface area contributed by atoms with Gasteiger partial charge in [-0.1, -0.05) is 42.4 Å². The van der Waals surface area contributed by atoms with E-state index in [1.165, 1.54) is 0 Å². The van der Waals surface area contributed by atoms with Crippen LogP contribution in [0.2, 0.25) is 0 Å². The normalized spacial score (nSPS) is 15.6. The maximum absolute atomic E-state index is 13.7. The summed E-state index contributed by atoms with van der Waals surface area (Å²) in [5.74, 6) is 2.11. The van der Waals surface area contributed by atoms with Crippen LogP contribution >= 0.6 is 0 Å². The lowest BCUT2D eigenvalue weighted by Crippen LogP contribution is -2.33. The van der Waals surface area contributed by atoms with Gasteiger partial charge in [0.25, 0.3) is 0 Å². The van der Waals surface area contributed by atoms with Gasteiger partial charge in [-0.15, -0.1) is 0 Å². The highest BCUT2D eigenvalue weighted by Crippen LogP contribution is 2.46. The number of hydrogen-bond acceptors (Lipinski definition) is 6. The molecule has 0 radical (unpaired) electrons. The van der Waals surface area contributed by atoms with Crippen LogP contribution < -0.4 is 15.0 Å². The third-order valence-corrected chi connectivity index (χ3v) is 6.85. The molecule has 6 rings (SSSR count). The van der Waals surface area contributed by atoms with Gasteiger partial charge in [0.15, 0.2) is 11.5 Å². The topological polar surface area (TPSA) is 67.6 Å². The molecule has 33 heavy (non-hydrogen) atoms. The zero-order valence-electron chi connectivity index (χ0n) is 18.7. The van der Waals surface area contributed by atoms with Crippen LogP contribution in [-0.2, 0) is 0 Å². The number of methoxy groups -OCH3 is 1. The largest absolute Gasteiger partial charge is 0.497 e. The molecule has 6 heteroatoms. The smallest absolute Gasteiger partial charge is 0.196 e. The van der Waals surface area contributed by atoms with Gasteiger partial charge < -0.3 is 19.5 Å². The molecule has 0 saturated carbocycles. The Labute approximate surface area is 192 Å². The summed E-state index contributed by atoms with van der Waals surface area (Å²) in [5.41, 5.74) is 5.42. The second-order valence-electron chi connectivity index (χ2n) is 8.95. The maximum Gasteiger partial charge on any atom is 0.196 e. The third kappa shape index (κ3) is 3.17. The molecule has 0 amide bonds. The summed E-state index contributed by atoms with van der Waals surface area (Å²) in [4.78, 5) is 16.1. The van der Waals surface area contributed by atoms with Crippen molar-refractivity contribution >= 4 is 33.7 Å². The van der Waals surface area contributed by atoms with Crippen molar-refractivity contribution in [2.24, 2.45) is 5.92 Å². The average molecular weight is 440 g/mol. The van der Waals surface area contributed by atoms with Crippen LogP contribution in [0.3, 0.4) is 0 Å². The molecular formula is C27H25N3O3. The summed E-state index contributed by atoms with van der Waals surface area (Å²) in [7, 11) is 1.65. The molecule has 2 heterocycles. The van der Waals surface area contributed by atoms with Gasteiger partial charge in [0.05, 0.1) is 29.4 Å². The molecule has 1 aliphatic heterocycles. The lowest BCUT2D eigenvalue weighted by molar-refractivity contribution is 0.104. The van der Waals surface area contributed by atoms with Crippen LogP contribution in [0, 0.1) is 5.92 Å². The number of benzene rings is 3. The van der Waals surface area contributed by atoms with Gasteiger partial charge >= 0.3 is 0 Å². The van der Waals surface area contributed by atoms with Gasteiger partial charge in [-0.25, -0.2) is 0 Å². The predicted octanol–water partition coefficient (Wildman–Crippen LogP) is 6.03. The number of ketones is 1. The Morgan fingerprint density at radius 3 is 2.64 bits per heavy atom. The number of carbonyl (C=O) groups is 1. The van der Waals surface area contributed by atoms with E-state index in [0.29, 0.717) is 22.8 Å². The van der Waals surface area contributed by atoms with Crippen molar-refractivity contribution in [1.29, 1.82) is 0 Å². The molecule has 6 nitrogen and oxygen atoms in total. The molecule has 2 aliphatic rings. The van der Waals surface area contributed by atoms with E-state index in [-0.39, 0.29) is 5.78 Å². The van der Waals surface area contributed by atoms with Gasteiger partial charge in [-0.05, 0) is 37.0 Å². The highest BCUT2D eigenvalue weighted by atomic mass is 16.5. The minimum atomic E-state index is -0.0180. The molecule has 166 valence electrons. The molecule has 0 atom stereocenters. The van der Waals surface area contributed by atoms with E-state index < -0.39 is 0 Å². The Bertz CT molecular complexity index is 1380. The maximum atomic E-state index is 13.7. The van der Waals surface area contributed by atoms with Crippen LogP contribution in [-0.4, -0.2) is 31.1 Å². The van der Waals surface area contributed by atoms with Gasteiger partial charge in [0.2, 0.25) is 0 Å². The molecule has 1 saturated heterocycles. The summed E-state index contributed by atoms with van der Waals surface area (Å²) >= 11 is 0. The minimum Gasteiger partial charge on any atom is -0.497 e. The second-order valence-corrected chi connectivity index (χ2v) is 8.95. The number of nitrogens with one attached hydrogen (secondary N) is 1. The van der Waals surface area contributed by atoms with E-state index in [9.17, 15) is 4.79 Å². The standard InChI is InChI=1S/C27H25N3O3/c1-16-10-12-30(13-11-16)22-15-21(28-17-6-5-7-18(14-17)32-2)23-24-25(22)29-33-27(24)20-9-4-3-8-19(20)26(23)31/h3-9,14-16,28H,10-13H2,1-2H3. The quantitative estimate of drug-likeness (QED) is 0.369. The molecular weight excluding hydrogens is 414 g/mol. The van der Waals surface area contributed by atoms with E-state index >= 15 is 0 Å². The summed E-state index contributed by atoms with van der Waals surface area (Å²) in [6.45, 7) is 4.22. The number of anilines is 3. The Morgan fingerprint density at radius 1 is 1.06 bits per heavy atom. The summed E-state index contributed by atoms with van der Waals surface area (Å²) in [6.07, 6.45) is 2.27. The molecule has 0 bridgehead atoms. The molecule has 3 aromatic carbocycles. The number of fused-ring (bicyclic) bond motifs is 2. The molecule has 1 fully saturated rings. The summed E-state index contributed by atoms with van der Waals surface area (Å²) in [6, 6.07) is 17.4. The fraction of sp³-hybridized carbons (Fsp3) is 0.259. The van der Waals surface area contributed by atoms with Gasteiger partial charge in [-0.3, -0.25) is 4.79 Å². The highest BCUT2D eigenvalue weighted by molar-refractivity contribution is 6.28. The average Bonchev–Trinajstić information content (AvgIpc) is 3.29. The second kappa shape index (κ2) is 7.66. The first-order chi connectivity index (χ1) is 16.1. The molecule has 0 spiro atoms. The van der Waals surface area contributed by atoms with Crippen LogP contribution in [0.15, 0.2) is 59.1 Å². The number of rotatable bonds is 4. The lowest BCUT2D eigenvalue weighted by atomic mass is 9.86. The van der Waals surface area contributed by atoms with Crippen LogP contribution in [0.1, 0.15) is 35.7 Å². The number of piperidine rings is 1. The Balaban J connectivity index is 1.58. The first kappa shape index (κ1) is 19.9. The number of nitrogens with zero attached hydrogens (tertiary/aromatic N) is 2. The molecule has 4 aromatic rings. The van der Waals surface area contributed by atoms with Crippen molar-refractivity contribution in [1.82, 2.24) is 5.16 Å². The van der Waals surface area contributed by atoms with Crippen LogP contribution in [0.4, 0.5) is 17.1 Å². The molecule has 1 N–H and O–H groups in total. The zero-order valence-corrected chi connectivity index (χ0v) is 18.7. The molecule has 1 aromatic heterocycles. The monoisotopic (exact) mass is 439 g/mol. The Hall–Kier alpha value is -3.80. The van der Waals surface area contributed by atoms with E-state index in [2.05, 4.69) is 28.4 Å². The van der Waals surface area contributed by atoms with Crippen molar-refractivity contribution in [3.05, 3.63) is 65.7 Å². The predicted molar refractivity (Wildman–Crippen MR) is 130 cm³/mol.